The number of benzene rings is 3. The van der Waals surface area contributed by atoms with E-state index in [0.717, 1.165) is 23.2 Å². The summed E-state index contributed by atoms with van der Waals surface area (Å²) in [6.45, 7) is 4.64. The van der Waals surface area contributed by atoms with Crippen LogP contribution in [0.1, 0.15) is 22.3 Å². The fraction of sp³-hybridized carbons (Fsp3) is 0.185. The van der Waals surface area contributed by atoms with Gasteiger partial charge in [-0.25, -0.2) is 4.90 Å². The summed E-state index contributed by atoms with van der Waals surface area (Å²) in [5, 5.41) is 0. The number of amides is 2. The van der Waals surface area contributed by atoms with E-state index in [4.69, 9.17) is 4.74 Å². The van der Waals surface area contributed by atoms with Crippen LogP contribution >= 0.6 is 0 Å². The molecule has 0 fully saturated rings. The second-order valence-corrected chi connectivity index (χ2v) is 8.17. The topological polar surface area (TPSA) is 49.9 Å². The van der Waals surface area contributed by atoms with Crippen molar-refractivity contribution in [1.29, 1.82) is 0 Å². The predicted molar refractivity (Wildman–Crippen MR) is 126 cm³/mol. The standard InChI is InChI=1S/C27H24N2O3/c1-17-12-13-20(16-18(17)2)29-26(30)24(21-9-5-7-11-23(21)32-3)25(27(29)31)28-15-14-19-8-4-6-10-22(19)28/h4-13,16H,14-15H2,1-3H3. The Kier molecular flexibility index (Phi) is 4.82. The van der Waals surface area contributed by atoms with Gasteiger partial charge in [-0.3, -0.25) is 9.59 Å². The van der Waals surface area contributed by atoms with Crippen LogP contribution in [0.2, 0.25) is 0 Å². The Hall–Kier alpha value is -3.86. The van der Waals surface area contributed by atoms with Crippen LogP contribution in [0.4, 0.5) is 11.4 Å². The molecule has 0 aromatic heterocycles. The zero-order valence-corrected chi connectivity index (χ0v) is 18.4. The first-order valence-corrected chi connectivity index (χ1v) is 10.7. The molecule has 0 unspecified atom stereocenters. The molecule has 0 bridgehead atoms. The highest BCUT2D eigenvalue weighted by Gasteiger charge is 2.44. The molecule has 2 aliphatic rings. The number of hydrogen-bond acceptors (Lipinski definition) is 4. The van der Waals surface area contributed by atoms with E-state index in [0.29, 0.717) is 34.8 Å². The first-order valence-electron chi connectivity index (χ1n) is 10.7. The number of imide groups is 1. The van der Waals surface area contributed by atoms with Gasteiger partial charge in [0.05, 0.1) is 18.4 Å². The first-order chi connectivity index (χ1) is 15.5. The highest BCUT2D eigenvalue weighted by molar-refractivity contribution is 6.46. The molecule has 0 N–H and O–H groups in total. The van der Waals surface area contributed by atoms with E-state index in [1.165, 1.54) is 10.5 Å². The highest BCUT2D eigenvalue weighted by atomic mass is 16.5. The number of hydrogen-bond donors (Lipinski definition) is 0. The predicted octanol–water partition coefficient (Wildman–Crippen LogP) is 4.66. The van der Waals surface area contributed by atoms with Gasteiger partial charge in [0.25, 0.3) is 11.8 Å². The summed E-state index contributed by atoms with van der Waals surface area (Å²) in [5.74, 6) is -0.0754. The Morgan fingerprint density at radius 3 is 2.38 bits per heavy atom. The zero-order valence-electron chi connectivity index (χ0n) is 18.4. The van der Waals surface area contributed by atoms with Gasteiger partial charge in [-0.05, 0) is 61.2 Å². The van der Waals surface area contributed by atoms with E-state index in [9.17, 15) is 9.59 Å². The minimum atomic E-state index is -0.331. The quantitative estimate of drug-likeness (QED) is 0.572. The van der Waals surface area contributed by atoms with Crippen molar-refractivity contribution in [3.8, 4) is 5.75 Å². The lowest BCUT2D eigenvalue weighted by Gasteiger charge is -2.22. The van der Waals surface area contributed by atoms with Gasteiger partial charge in [0.15, 0.2) is 0 Å². The van der Waals surface area contributed by atoms with Gasteiger partial charge in [-0.1, -0.05) is 42.5 Å². The number of fused-ring (bicyclic) bond motifs is 1. The number of carbonyl (C=O) groups excluding carboxylic acids is 2. The molecule has 2 amide bonds. The summed E-state index contributed by atoms with van der Waals surface area (Å²) < 4.78 is 5.56. The zero-order chi connectivity index (χ0) is 22.4. The SMILES string of the molecule is COc1ccccc1C1=C(N2CCc3ccccc32)C(=O)N(c2ccc(C)c(C)c2)C1=O. The number of nitrogens with zero attached hydrogens (tertiary/aromatic N) is 2. The molecule has 160 valence electrons. The summed E-state index contributed by atoms with van der Waals surface area (Å²) in [6, 6.07) is 21.1. The number of aryl methyl sites for hydroxylation is 2. The third-order valence-corrected chi connectivity index (χ3v) is 6.34. The maximum Gasteiger partial charge on any atom is 0.282 e. The van der Waals surface area contributed by atoms with Crippen molar-refractivity contribution in [3.63, 3.8) is 0 Å². The molecule has 3 aromatic carbocycles. The van der Waals surface area contributed by atoms with Gasteiger partial charge in [-0.15, -0.1) is 0 Å². The normalized spacial score (nSPS) is 15.6. The van der Waals surface area contributed by atoms with Crippen LogP contribution in [0.3, 0.4) is 0 Å². The Labute approximate surface area is 187 Å². The smallest absolute Gasteiger partial charge is 0.282 e. The molecule has 0 saturated heterocycles. The maximum absolute atomic E-state index is 13.9. The summed E-state index contributed by atoms with van der Waals surface area (Å²) in [7, 11) is 1.58. The average molecular weight is 425 g/mol. The Balaban J connectivity index is 1.72. The molecule has 0 atom stereocenters. The van der Waals surface area contributed by atoms with Crippen LogP contribution < -0.4 is 14.5 Å². The molecule has 2 heterocycles. The van der Waals surface area contributed by atoms with E-state index in [1.807, 2.05) is 79.4 Å². The van der Waals surface area contributed by atoms with Crippen molar-refractivity contribution in [2.24, 2.45) is 0 Å². The second kappa shape index (κ2) is 7.68. The Morgan fingerprint density at radius 1 is 0.844 bits per heavy atom. The molecule has 0 spiro atoms. The lowest BCUT2D eigenvalue weighted by atomic mass is 10.0. The van der Waals surface area contributed by atoms with E-state index < -0.39 is 0 Å². The molecule has 0 radical (unpaired) electrons. The number of methoxy groups -OCH3 is 1. The Morgan fingerprint density at radius 2 is 1.59 bits per heavy atom. The van der Waals surface area contributed by atoms with Gasteiger partial charge in [0, 0.05) is 17.8 Å². The van der Waals surface area contributed by atoms with Crippen molar-refractivity contribution in [3.05, 3.63) is 94.7 Å². The van der Waals surface area contributed by atoms with Crippen LogP contribution in [0.25, 0.3) is 5.57 Å². The number of rotatable bonds is 4. The largest absolute Gasteiger partial charge is 0.496 e. The van der Waals surface area contributed by atoms with Crippen LogP contribution in [-0.2, 0) is 16.0 Å². The van der Waals surface area contributed by atoms with Crippen LogP contribution in [0.15, 0.2) is 72.4 Å². The van der Waals surface area contributed by atoms with Gasteiger partial charge >= 0.3 is 0 Å². The summed E-state index contributed by atoms with van der Waals surface area (Å²) >= 11 is 0. The molecular weight excluding hydrogens is 400 g/mol. The third-order valence-electron chi connectivity index (χ3n) is 6.34. The summed E-state index contributed by atoms with van der Waals surface area (Å²) in [5.41, 5.74) is 6.27. The third kappa shape index (κ3) is 3.01. The maximum atomic E-state index is 13.9. The van der Waals surface area contributed by atoms with Gasteiger partial charge in [0.2, 0.25) is 0 Å². The van der Waals surface area contributed by atoms with Crippen molar-refractivity contribution >= 4 is 28.8 Å². The minimum absolute atomic E-state index is 0.309. The lowest BCUT2D eigenvalue weighted by Crippen LogP contribution is -2.35. The fourth-order valence-electron chi connectivity index (χ4n) is 4.53. The second-order valence-electron chi connectivity index (χ2n) is 8.17. The van der Waals surface area contributed by atoms with E-state index in [2.05, 4.69) is 6.07 Å². The first kappa shape index (κ1) is 20.1. The Bertz CT molecular complexity index is 1290. The van der Waals surface area contributed by atoms with Crippen LogP contribution in [0, 0.1) is 13.8 Å². The molecule has 0 aliphatic carbocycles. The number of anilines is 2. The molecule has 5 nitrogen and oxygen atoms in total. The van der Waals surface area contributed by atoms with E-state index >= 15 is 0 Å². The van der Waals surface area contributed by atoms with E-state index in [1.54, 1.807) is 7.11 Å². The van der Waals surface area contributed by atoms with Crippen molar-refractivity contribution in [2.75, 3.05) is 23.5 Å². The summed E-state index contributed by atoms with van der Waals surface area (Å²) in [6.07, 6.45) is 0.823. The number of carbonyl (C=O) groups is 2. The van der Waals surface area contributed by atoms with Crippen molar-refractivity contribution in [1.82, 2.24) is 0 Å². The monoisotopic (exact) mass is 424 g/mol. The van der Waals surface area contributed by atoms with Crippen molar-refractivity contribution in [2.45, 2.75) is 20.3 Å². The number of para-hydroxylation sites is 2. The van der Waals surface area contributed by atoms with Crippen LogP contribution in [0.5, 0.6) is 5.75 Å². The van der Waals surface area contributed by atoms with E-state index in [-0.39, 0.29) is 11.8 Å². The number of ether oxygens (including phenoxy) is 1. The van der Waals surface area contributed by atoms with Crippen molar-refractivity contribution < 1.29 is 14.3 Å². The van der Waals surface area contributed by atoms with Gasteiger partial charge in [-0.2, -0.15) is 0 Å². The lowest BCUT2D eigenvalue weighted by molar-refractivity contribution is -0.120. The van der Waals surface area contributed by atoms with Crippen LogP contribution in [-0.4, -0.2) is 25.5 Å². The molecule has 5 rings (SSSR count). The molecule has 32 heavy (non-hydrogen) atoms. The molecule has 0 saturated carbocycles. The molecule has 5 heteroatoms. The summed E-state index contributed by atoms with van der Waals surface area (Å²) in [4.78, 5) is 31.0. The molecule has 3 aromatic rings. The molecule has 2 aliphatic heterocycles. The average Bonchev–Trinajstić information content (AvgIpc) is 3.33. The minimum Gasteiger partial charge on any atom is -0.496 e. The van der Waals surface area contributed by atoms with Gasteiger partial charge < -0.3 is 9.64 Å². The highest BCUT2D eigenvalue weighted by Crippen LogP contribution is 2.42. The molecular formula is C27H24N2O3. The van der Waals surface area contributed by atoms with Gasteiger partial charge in [0.1, 0.15) is 11.4 Å². The fourth-order valence-corrected chi connectivity index (χ4v) is 4.53.